The van der Waals surface area contributed by atoms with Gasteiger partial charge in [0.15, 0.2) is 11.5 Å². The molecule has 2 fully saturated rings. The maximum absolute atomic E-state index is 13.3. The molecule has 0 bridgehead atoms. The zero-order valence-corrected chi connectivity index (χ0v) is 29.2. The minimum Gasteiger partial charge on any atom is -0.444 e. The summed E-state index contributed by atoms with van der Waals surface area (Å²) < 4.78 is 20.6. The number of imidazole rings is 1. The smallest absolute Gasteiger partial charge is 0.415 e. The maximum atomic E-state index is 13.3. The Bertz CT molecular complexity index is 1810. The molecule has 0 spiro atoms. The highest BCUT2D eigenvalue weighted by Crippen LogP contribution is 2.40. The number of hydrogen-bond donors (Lipinski definition) is 0. The monoisotopic (exact) mass is 663 g/mol. The number of likely N-dealkylation sites (tertiary alicyclic amines) is 1. The predicted octanol–water partition coefficient (Wildman–Crippen LogP) is 6.37. The average molecular weight is 664 g/mol. The van der Waals surface area contributed by atoms with Crippen LogP contribution in [0.2, 0.25) is 5.02 Å². The van der Waals surface area contributed by atoms with Gasteiger partial charge < -0.3 is 23.7 Å². The molecule has 2 aliphatic rings. The molecule has 5 rings (SSSR count). The number of nitrogens with zero attached hydrogens (tertiary/aromatic N) is 7. The minimum atomic E-state index is -0.781. The van der Waals surface area contributed by atoms with E-state index < -0.39 is 29.4 Å². The number of methoxy groups -OCH3 is 1. The third kappa shape index (κ3) is 7.34. The maximum Gasteiger partial charge on any atom is 0.415 e. The van der Waals surface area contributed by atoms with Crippen LogP contribution < -0.4 is 4.90 Å². The van der Waals surface area contributed by atoms with Crippen molar-refractivity contribution in [2.75, 3.05) is 32.2 Å². The number of nitriles is 1. The van der Waals surface area contributed by atoms with Crippen molar-refractivity contribution in [3.05, 3.63) is 39.8 Å². The van der Waals surface area contributed by atoms with Crippen molar-refractivity contribution in [2.45, 2.75) is 97.1 Å². The number of rotatable bonds is 5. The Morgan fingerprint density at radius 1 is 1.09 bits per heavy atom. The molecular formula is C34H42ClN7O5. The number of ether oxygens (including phenoxy) is 3. The molecule has 1 saturated carbocycles. The Kier molecular flexibility index (Phi) is 9.24. The minimum absolute atomic E-state index is 0.0934. The number of halogens is 1. The summed E-state index contributed by atoms with van der Waals surface area (Å²) in [6.07, 6.45) is 1.52. The van der Waals surface area contributed by atoms with Crippen molar-refractivity contribution in [1.29, 1.82) is 5.26 Å². The number of hydrogen-bond acceptors (Lipinski definition) is 8. The fraction of sp³-hybridized carbons (Fsp3) is 0.559. The molecular weight excluding hydrogens is 622 g/mol. The van der Waals surface area contributed by atoms with Crippen molar-refractivity contribution in [3.8, 4) is 17.9 Å². The molecule has 3 heterocycles. The Labute approximate surface area is 280 Å². The summed E-state index contributed by atoms with van der Waals surface area (Å²) in [7, 11) is 3.09. The van der Waals surface area contributed by atoms with E-state index in [1.165, 1.54) is 11.9 Å². The van der Waals surface area contributed by atoms with E-state index in [4.69, 9.17) is 35.9 Å². The van der Waals surface area contributed by atoms with Gasteiger partial charge in [-0.25, -0.2) is 19.3 Å². The lowest BCUT2D eigenvalue weighted by Crippen LogP contribution is -2.41. The van der Waals surface area contributed by atoms with E-state index in [2.05, 4.69) is 22.5 Å². The van der Waals surface area contributed by atoms with Gasteiger partial charge in [-0.2, -0.15) is 10.4 Å². The SMILES string of the molecule is COC[C@H]1C[C@H](n2nc(C#Cc3cc4nc(C)n(C5CC5)c4cc3Cl)c(C#N)c2N(C)C(=O)OC(C)(C)C)CN1C(=O)OC(C)(C)C. The molecule has 0 radical (unpaired) electrons. The van der Waals surface area contributed by atoms with Crippen LogP contribution in [-0.2, 0) is 14.2 Å². The first kappa shape index (κ1) is 34.1. The summed E-state index contributed by atoms with van der Waals surface area (Å²) in [5.41, 5.74) is 1.06. The van der Waals surface area contributed by atoms with Crippen molar-refractivity contribution >= 4 is 40.6 Å². The van der Waals surface area contributed by atoms with Gasteiger partial charge in [0.2, 0.25) is 0 Å². The fourth-order valence-corrected chi connectivity index (χ4v) is 6.03. The number of amides is 2. The van der Waals surface area contributed by atoms with Crippen LogP contribution in [0.15, 0.2) is 12.1 Å². The highest BCUT2D eigenvalue weighted by molar-refractivity contribution is 6.32. The number of aryl methyl sites for hydroxylation is 1. The van der Waals surface area contributed by atoms with Gasteiger partial charge in [-0.15, -0.1) is 0 Å². The van der Waals surface area contributed by atoms with Gasteiger partial charge in [-0.05, 0) is 85.8 Å². The molecule has 3 aromatic rings. The van der Waals surface area contributed by atoms with E-state index in [0.717, 1.165) is 29.7 Å². The Hall–Kier alpha value is -4.26. The Morgan fingerprint density at radius 3 is 2.36 bits per heavy atom. The van der Waals surface area contributed by atoms with Gasteiger partial charge in [0.1, 0.15) is 28.7 Å². The first-order chi connectivity index (χ1) is 22.0. The molecule has 47 heavy (non-hydrogen) atoms. The Morgan fingerprint density at radius 2 is 1.77 bits per heavy atom. The standard InChI is InChI=1S/C34H42ClN7O5/c1-20-37-28-14-21(26(35)16-29(28)41(20)22-11-12-22)10-13-27-25(17-36)30(39(8)31(43)46-33(2,3)4)42(38-27)23-15-24(19-45-9)40(18-23)32(44)47-34(5,6)7/h14,16,22-24H,11-12,15,18-19H2,1-9H3/t23-,24+/m0/s1. The summed E-state index contributed by atoms with van der Waals surface area (Å²) in [5, 5.41) is 15.6. The second kappa shape index (κ2) is 12.7. The van der Waals surface area contributed by atoms with Crippen LogP contribution >= 0.6 is 11.6 Å². The summed E-state index contributed by atoms with van der Waals surface area (Å²) in [6.45, 7) is 13.2. The molecule has 1 aliphatic carbocycles. The predicted molar refractivity (Wildman–Crippen MR) is 178 cm³/mol. The lowest BCUT2D eigenvalue weighted by molar-refractivity contribution is 0.0145. The average Bonchev–Trinajstić information content (AvgIpc) is 3.46. The summed E-state index contributed by atoms with van der Waals surface area (Å²) in [5.74, 6) is 7.26. The molecule has 0 N–H and O–H groups in total. The topological polar surface area (TPSA) is 128 Å². The highest BCUT2D eigenvalue weighted by atomic mass is 35.5. The van der Waals surface area contributed by atoms with Gasteiger partial charge >= 0.3 is 12.2 Å². The number of fused-ring (bicyclic) bond motifs is 1. The second-order valence-corrected chi connectivity index (χ2v) is 14.5. The second-order valence-electron chi connectivity index (χ2n) is 14.1. The quantitative estimate of drug-likeness (QED) is 0.288. The van der Waals surface area contributed by atoms with E-state index in [1.807, 2.05) is 19.1 Å². The summed E-state index contributed by atoms with van der Waals surface area (Å²) in [6, 6.07) is 5.62. The number of benzene rings is 1. The molecule has 1 aliphatic heterocycles. The lowest BCUT2D eigenvalue weighted by atomic mass is 10.1. The van der Waals surface area contributed by atoms with Crippen molar-refractivity contribution in [2.24, 2.45) is 0 Å². The molecule has 13 heteroatoms. The molecule has 250 valence electrons. The van der Waals surface area contributed by atoms with E-state index in [1.54, 1.807) is 58.2 Å². The number of anilines is 1. The van der Waals surface area contributed by atoms with Crippen LogP contribution in [0.1, 0.15) is 95.5 Å². The van der Waals surface area contributed by atoms with Crippen LogP contribution in [-0.4, -0.2) is 81.0 Å². The van der Waals surface area contributed by atoms with Crippen molar-refractivity contribution < 1.29 is 23.8 Å². The van der Waals surface area contributed by atoms with E-state index in [0.29, 0.717) is 23.0 Å². The molecule has 2 atom stereocenters. The van der Waals surface area contributed by atoms with Gasteiger partial charge in [0, 0.05) is 32.3 Å². The third-order valence-electron chi connectivity index (χ3n) is 7.89. The van der Waals surface area contributed by atoms with Gasteiger partial charge in [-0.1, -0.05) is 17.5 Å². The fourth-order valence-electron chi connectivity index (χ4n) is 5.82. The van der Waals surface area contributed by atoms with Crippen LogP contribution in [0.5, 0.6) is 0 Å². The molecule has 12 nitrogen and oxygen atoms in total. The first-order valence-electron chi connectivity index (χ1n) is 15.7. The molecule has 2 amide bonds. The largest absolute Gasteiger partial charge is 0.444 e. The van der Waals surface area contributed by atoms with Crippen molar-refractivity contribution in [1.82, 2.24) is 24.2 Å². The molecule has 2 aromatic heterocycles. The normalized spacial score (nSPS) is 18.1. The van der Waals surface area contributed by atoms with Crippen LogP contribution in [0.25, 0.3) is 11.0 Å². The van der Waals surface area contributed by atoms with Crippen LogP contribution in [0.3, 0.4) is 0 Å². The van der Waals surface area contributed by atoms with E-state index in [-0.39, 0.29) is 36.3 Å². The Balaban J connectivity index is 1.57. The van der Waals surface area contributed by atoms with E-state index >= 15 is 0 Å². The van der Waals surface area contributed by atoms with Crippen LogP contribution in [0.4, 0.5) is 15.4 Å². The van der Waals surface area contributed by atoms with Crippen molar-refractivity contribution in [3.63, 3.8) is 0 Å². The first-order valence-corrected chi connectivity index (χ1v) is 16.1. The van der Waals surface area contributed by atoms with Gasteiger partial charge in [-0.3, -0.25) is 4.90 Å². The summed E-state index contributed by atoms with van der Waals surface area (Å²) >= 11 is 6.72. The van der Waals surface area contributed by atoms with Crippen LogP contribution in [0, 0.1) is 30.1 Å². The van der Waals surface area contributed by atoms with Gasteiger partial charge in [0.25, 0.3) is 0 Å². The molecule has 0 unspecified atom stereocenters. The molecule has 1 aromatic carbocycles. The lowest BCUT2D eigenvalue weighted by Gasteiger charge is -2.28. The summed E-state index contributed by atoms with van der Waals surface area (Å²) in [4.78, 5) is 34.1. The molecule has 1 saturated heterocycles. The van der Waals surface area contributed by atoms with E-state index in [9.17, 15) is 14.9 Å². The third-order valence-corrected chi connectivity index (χ3v) is 8.20. The van der Waals surface area contributed by atoms with Gasteiger partial charge in [0.05, 0.1) is 34.7 Å². The number of carbonyl (C=O) groups excluding carboxylic acids is 2. The highest BCUT2D eigenvalue weighted by Gasteiger charge is 2.41. The zero-order valence-electron chi connectivity index (χ0n) is 28.5. The number of carbonyl (C=O) groups is 2. The number of aromatic nitrogens is 4. The zero-order chi connectivity index (χ0) is 34.4.